The number of carbonyl (C=O) groups excluding carboxylic acids is 1. The number of thiazole rings is 1. The normalized spacial score (nSPS) is 17.1. The zero-order chi connectivity index (χ0) is 16.2. The number of aromatic nitrogens is 3. The van der Waals surface area contributed by atoms with E-state index in [1.807, 2.05) is 6.92 Å². The van der Waals surface area contributed by atoms with E-state index in [4.69, 9.17) is 9.26 Å². The second-order valence-electron chi connectivity index (χ2n) is 5.56. The summed E-state index contributed by atoms with van der Waals surface area (Å²) in [5.41, 5.74) is 2.52. The highest BCUT2D eigenvalue weighted by atomic mass is 32.1. The van der Waals surface area contributed by atoms with Crippen molar-refractivity contribution < 1.29 is 14.1 Å². The van der Waals surface area contributed by atoms with E-state index >= 15 is 0 Å². The fourth-order valence-electron chi connectivity index (χ4n) is 2.78. The van der Waals surface area contributed by atoms with Gasteiger partial charge in [-0.15, -0.1) is 11.3 Å². The van der Waals surface area contributed by atoms with Crippen molar-refractivity contribution in [3.05, 3.63) is 27.8 Å². The fraction of sp³-hybridized carbons (Fsp3) is 0.600. The Hall–Kier alpha value is -1.80. The molecule has 0 unspecified atom stereocenters. The van der Waals surface area contributed by atoms with Crippen molar-refractivity contribution in [1.29, 1.82) is 0 Å². The molecule has 0 spiro atoms. The van der Waals surface area contributed by atoms with Crippen LogP contribution in [0.5, 0.6) is 0 Å². The van der Waals surface area contributed by atoms with Crippen LogP contribution in [0.3, 0.4) is 0 Å². The van der Waals surface area contributed by atoms with E-state index < -0.39 is 0 Å². The zero-order valence-electron chi connectivity index (χ0n) is 13.2. The molecule has 1 fully saturated rings. The van der Waals surface area contributed by atoms with Gasteiger partial charge in [0.25, 0.3) is 5.91 Å². The van der Waals surface area contributed by atoms with Crippen molar-refractivity contribution in [2.24, 2.45) is 5.92 Å². The Labute approximate surface area is 138 Å². The number of hydrogen-bond donors (Lipinski definition) is 1. The second kappa shape index (κ2) is 7.18. The number of hydrogen-bond acceptors (Lipinski definition) is 7. The van der Waals surface area contributed by atoms with E-state index in [0.717, 1.165) is 25.0 Å². The lowest BCUT2D eigenvalue weighted by molar-refractivity contribution is 0.0468. The minimum atomic E-state index is -0.292. The molecule has 1 saturated heterocycles. The van der Waals surface area contributed by atoms with Crippen molar-refractivity contribution in [3.63, 3.8) is 0 Å². The van der Waals surface area contributed by atoms with Gasteiger partial charge in [0.15, 0.2) is 5.82 Å². The lowest BCUT2D eigenvalue weighted by Gasteiger charge is -2.28. The number of carbonyl (C=O) groups is 1. The fourth-order valence-corrected chi connectivity index (χ4v) is 3.57. The molecule has 0 radical (unpaired) electrons. The summed E-state index contributed by atoms with van der Waals surface area (Å²) >= 11 is 1.36. The number of aryl methyl sites for hydroxylation is 2. The van der Waals surface area contributed by atoms with E-state index in [1.54, 1.807) is 12.4 Å². The van der Waals surface area contributed by atoms with E-state index in [2.05, 4.69) is 20.4 Å². The Morgan fingerprint density at radius 2 is 2.26 bits per heavy atom. The standard InChI is InChI=1S/C15H20N4O3S/c1-3-11-13(23-8-16-11)14(20)18-12(10-4-6-21-7-5-10)15-17-9(2)19-22-15/h8,10,12H,3-7H2,1-2H3,(H,18,20)/t12-/m0/s1. The second-order valence-corrected chi connectivity index (χ2v) is 6.42. The molecule has 124 valence electrons. The first-order chi connectivity index (χ1) is 11.2. The van der Waals surface area contributed by atoms with E-state index in [9.17, 15) is 4.79 Å². The SMILES string of the molecule is CCc1ncsc1C(=O)N[C@H](c1nc(C)no1)C1CCOCC1. The minimum absolute atomic E-state index is 0.128. The van der Waals surface area contributed by atoms with Gasteiger partial charge in [-0.25, -0.2) is 4.98 Å². The molecule has 2 aromatic heterocycles. The van der Waals surface area contributed by atoms with Gasteiger partial charge >= 0.3 is 0 Å². The first-order valence-corrected chi connectivity index (χ1v) is 8.68. The van der Waals surface area contributed by atoms with Crippen molar-refractivity contribution in [2.45, 2.75) is 39.2 Å². The first kappa shape index (κ1) is 16.1. The van der Waals surface area contributed by atoms with E-state index in [-0.39, 0.29) is 17.9 Å². The third kappa shape index (κ3) is 3.59. The Bertz CT molecular complexity index is 663. The van der Waals surface area contributed by atoms with Crippen LogP contribution in [-0.2, 0) is 11.2 Å². The van der Waals surface area contributed by atoms with Crippen molar-refractivity contribution in [2.75, 3.05) is 13.2 Å². The Morgan fingerprint density at radius 3 is 2.91 bits per heavy atom. The molecule has 0 bridgehead atoms. The van der Waals surface area contributed by atoms with Crippen molar-refractivity contribution >= 4 is 17.2 Å². The molecule has 7 nitrogen and oxygen atoms in total. The Balaban J connectivity index is 1.82. The van der Waals surface area contributed by atoms with Gasteiger partial charge in [-0.05, 0) is 32.1 Å². The molecule has 1 amide bonds. The summed E-state index contributed by atoms with van der Waals surface area (Å²) in [6, 6.07) is -0.292. The van der Waals surface area contributed by atoms with E-state index in [1.165, 1.54) is 11.3 Å². The van der Waals surface area contributed by atoms with Gasteiger partial charge < -0.3 is 14.6 Å². The Morgan fingerprint density at radius 1 is 1.48 bits per heavy atom. The summed E-state index contributed by atoms with van der Waals surface area (Å²) in [6.07, 6.45) is 2.44. The molecule has 1 atom stereocenters. The molecule has 2 aromatic rings. The third-order valence-corrected chi connectivity index (χ3v) is 4.88. The summed E-state index contributed by atoms with van der Waals surface area (Å²) in [5.74, 6) is 1.13. The highest BCUT2D eigenvalue weighted by Crippen LogP contribution is 2.30. The molecule has 3 rings (SSSR count). The number of rotatable bonds is 5. The smallest absolute Gasteiger partial charge is 0.263 e. The van der Waals surface area contributed by atoms with Crippen molar-refractivity contribution in [3.8, 4) is 0 Å². The van der Waals surface area contributed by atoms with Gasteiger partial charge in [-0.2, -0.15) is 4.98 Å². The predicted octanol–water partition coefficient (Wildman–Crippen LogP) is 2.29. The van der Waals surface area contributed by atoms with Gasteiger partial charge in [-0.3, -0.25) is 4.79 Å². The first-order valence-electron chi connectivity index (χ1n) is 7.80. The maximum atomic E-state index is 12.7. The molecule has 0 aromatic carbocycles. The minimum Gasteiger partial charge on any atom is -0.381 e. The largest absolute Gasteiger partial charge is 0.381 e. The Kier molecular flexibility index (Phi) is 5.02. The van der Waals surface area contributed by atoms with Crippen LogP contribution in [0.2, 0.25) is 0 Å². The summed E-state index contributed by atoms with van der Waals surface area (Å²) in [5, 5.41) is 6.93. The van der Waals surface area contributed by atoms with Crippen LogP contribution >= 0.6 is 11.3 Å². The van der Waals surface area contributed by atoms with Crippen LogP contribution in [0.15, 0.2) is 10.0 Å². The summed E-state index contributed by atoms with van der Waals surface area (Å²) < 4.78 is 10.7. The average molecular weight is 336 g/mol. The molecule has 1 N–H and O–H groups in total. The van der Waals surface area contributed by atoms with Crippen LogP contribution in [-0.4, -0.2) is 34.2 Å². The lowest BCUT2D eigenvalue weighted by atomic mass is 9.91. The molecule has 0 saturated carbocycles. The van der Waals surface area contributed by atoms with Gasteiger partial charge in [0.05, 0.1) is 11.2 Å². The van der Waals surface area contributed by atoms with Crippen LogP contribution in [0.1, 0.15) is 52.9 Å². The van der Waals surface area contributed by atoms with E-state index in [0.29, 0.717) is 29.8 Å². The van der Waals surface area contributed by atoms with Crippen molar-refractivity contribution in [1.82, 2.24) is 20.4 Å². The number of ether oxygens (including phenoxy) is 1. The molecular formula is C15H20N4O3S. The quantitative estimate of drug-likeness (QED) is 0.901. The van der Waals surface area contributed by atoms with Crippen LogP contribution in [0.4, 0.5) is 0 Å². The molecular weight excluding hydrogens is 316 g/mol. The number of amides is 1. The molecule has 23 heavy (non-hydrogen) atoms. The predicted molar refractivity (Wildman–Crippen MR) is 84.3 cm³/mol. The number of nitrogens with zero attached hydrogens (tertiary/aromatic N) is 3. The molecule has 0 aliphatic carbocycles. The van der Waals surface area contributed by atoms with Crippen LogP contribution < -0.4 is 5.32 Å². The molecule has 3 heterocycles. The topological polar surface area (TPSA) is 90.1 Å². The summed E-state index contributed by atoms with van der Waals surface area (Å²) in [7, 11) is 0. The monoisotopic (exact) mass is 336 g/mol. The summed E-state index contributed by atoms with van der Waals surface area (Å²) in [6.45, 7) is 5.13. The maximum Gasteiger partial charge on any atom is 0.263 e. The molecule has 8 heteroatoms. The van der Waals surface area contributed by atoms with Gasteiger partial charge in [-0.1, -0.05) is 12.1 Å². The number of nitrogens with one attached hydrogen (secondary N) is 1. The lowest BCUT2D eigenvalue weighted by Crippen LogP contribution is -2.36. The third-order valence-electron chi connectivity index (χ3n) is 4.02. The van der Waals surface area contributed by atoms with Gasteiger partial charge in [0.2, 0.25) is 5.89 Å². The van der Waals surface area contributed by atoms with Gasteiger partial charge in [0, 0.05) is 13.2 Å². The highest BCUT2D eigenvalue weighted by Gasteiger charge is 2.32. The zero-order valence-corrected chi connectivity index (χ0v) is 14.1. The molecule has 1 aliphatic heterocycles. The van der Waals surface area contributed by atoms with Crippen LogP contribution in [0.25, 0.3) is 0 Å². The van der Waals surface area contributed by atoms with Gasteiger partial charge in [0.1, 0.15) is 10.9 Å². The van der Waals surface area contributed by atoms with Crippen LogP contribution in [0, 0.1) is 12.8 Å². The molecule has 1 aliphatic rings. The maximum absolute atomic E-state index is 12.7. The highest BCUT2D eigenvalue weighted by molar-refractivity contribution is 7.11. The summed E-state index contributed by atoms with van der Waals surface area (Å²) in [4.78, 5) is 21.9. The average Bonchev–Trinajstić information content (AvgIpc) is 3.21.